The number of rotatable bonds is 6. The van der Waals surface area contributed by atoms with Crippen molar-refractivity contribution in [1.82, 2.24) is 0 Å². The molecule has 0 saturated heterocycles. The van der Waals surface area contributed by atoms with E-state index in [0.717, 1.165) is 17.0 Å². The molecule has 0 unspecified atom stereocenters. The highest BCUT2D eigenvalue weighted by Gasteiger charge is 2.07. The van der Waals surface area contributed by atoms with Crippen molar-refractivity contribution in [1.29, 1.82) is 0 Å². The Kier molecular flexibility index (Phi) is 5.78. The first-order valence-corrected chi connectivity index (χ1v) is 8.39. The standard InChI is InChI=1S/C22H19NO3/c1-2-25-20-12-8-17(9-13-20)16-23-19-10-14-21(15-11-19)26-22(24)18-6-4-3-5-7-18/h3-16H,2H2,1H3. The van der Waals surface area contributed by atoms with Crippen LogP contribution in [0.5, 0.6) is 11.5 Å². The summed E-state index contributed by atoms with van der Waals surface area (Å²) < 4.78 is 10.8. The second-order valence-corrected chi connectivity index (χ2v) is 5.51. The van der Waals surface area contributed by atoms with Gasteiger partial charge in [0, 0.05) is 6.21 Å². The number of benzene rings is 3. The van der Waals surface area contributed by atoms with Crippen LogP contribution in [0.3, 0.4) is 0 Å². The lowest BCUT2D eigenvalue weighted by atomic mass is 10.2. The van der Waals surface area contributed by atoms with E-state index in [9.17, 15) is 4.79 Å². The van der Waals surface area contributed by atoms with E-state index in [1.54, 1.807) is 54.7 Å². The van der Waals surface area contributed by atoms with Crippen LogP contribution >= 0.6 is 0 Å². The number of esters is 1. The third-order valence-electron chi connectivity index (χ3n) is 3.61. The van der Waals surface area contributed by atoms with Gasteiger partial charge >= 0.3 is 5.97 Å². The van der Waals surface area contributed by atoms with E-state index in [1.165, 1.54) is 0 Å². The van der Waals surface area contributed by atoms with Crippen LogP contribution in [0.15, 0.2) is 83.9 Å². The van der Waals surface area contributed by atoms with E-state index < -0.39 is 0 Å². The number of ether oxygens (including phenoxy) is 2. The average molecular weight is 345 g/mol. The van der Waals surface area contributed by atoms with Gasteiger partial charge < -0.3 is 9.47 Å². The van der Waals surface area contributed by atoms with Gasteiger partial charge in [-0.05, 0) is 73.2 Å². The van der Waals surface area contributed by atoms with Gasteiger partial charge in [-0.25, -0.2) is 4.79 Å². The van der Waals surface area contributed by atoms with Crippen LogP contribution in [-0.2, 0) is 0 Å². The number of carbonyl (C=O) groups excluding carboxylic acids is 1. The predicted molar refractivity (Wildman–Crippen MR) is 103 cm³/mol. The molecular weight excluding hydrogens is 326 g/mol. The summed E-state index contributed by atoms with van der Waals surface area (Å²) in [6.45, 7) is 2.60. The van der Waals surface area contributed by atoms with E-state index in [2.05, 4.69) is 4.99 Å². The highest BCUT2D eigenvalue weighted by atomic mass is 16.5. The smallest absolute Gasteiger partial charge is 0.343 e. The number of hydrogen-bond donors (Lipinski definition) is 0. The Bertz CT molecular complexity index is 870. The number of carbonyl (C=O) groups is 1. The third kappa shape index (κ3) is 4.80. The second kappa shape index (κ2) is 8.62. The lowest BCUT2D eigenvalue weighted by Gasteiger charge is -2.04. The largest absolute Gasteiger partial charge is 0.494 e. The van der Waals surface area contributed by atoms with Crippen molar-refractivity contribution in [2.45, 2.75) is 6.92 Å². The normalized spacial score (nSPS) is 10.7. The molecule has 0 aliphatic rings. The van der Waals surface area contributed by atoms with E-state index in [-0.39, 0.29) is 5.97 Å². The van der Waals surface area contributed by atoms with Crippen molar-refractivity contribution in [3.63, 3.8) is 0 Å². The van der Waals surface area contributed by atoms with Crippen LogP contribution in [0.25, 0.3) is 0 Å². The molecule has 0 bridgehead atoms. The zero-order chi connectivity index (χ0) is 18.2. The Morgan fingerprint density at radius 1 is 0.885 bits per heavy atom. The molecule has 130 valence electrons. The Morgan fingerprint density at radius 2 is 1.54 bits per heavy atom. The highest BCUT2D eigenvalue weighted by Crippen LogP contribution is 2.19. The van der Waals surface area contributed by atoms with Crippen molar-refractivity contribution in [3.8, 4) is 11.5 Å². The van der Waals surface area contributed by atoms with Gasteiger partial charge in [0.2, 0.25) is 0 Å². The van der Waals surface area contributed by atoms with Gasteiger partial charge in [0.05, 0.1) is 17.9 Å². The molecule has 0 heterocycles. The van der Waals surface area contributed by atoms with Crippen molar-refractivity contribution in [2.24, 2.45) is 4.99 Å². The first-order valence-electron chi connectivity index (χ1n) is 8.39. The van der Waals surface area contributed by atoms with Crippen molar-refractivity contribution in [2.75, 3.05) is 6.61 Å². The summed E-state index contributed by atoms with van der Waals surface area (Å²) in [6, 6.07) is 23.7. The summed E-state index contributed by atoms with van der Waals surface area (Å²) in [5, 5.41) is 0. The topological polar surface area (TPSA) is 47.9 Å². The van der Waals surface area contributed by atoms with E-state index in [1.807, 2.05) is 37.3 Å². The summed E-state index contributed by atoms with van der Waals surface area (Å²) in [4.78, 5) is 16.4. The first kappa shape index (κ1) is 17.4. The Labute approximate surface area is 152 Å². The third-order valence-corrected chi connectivity index (χ3v) is 3.61. The summed E-state index contributed by atoms with van der Waals surface area (Å²) >= 11 is 0. The minimum atomic E-state index is -0.378. The second-order valence-electron chi connectivity index (χ2n) is 5.51. The molecule has 0 aromatic heterocycles. The zero-order valence-electron chi connectivity index (χ0n) is 14.5. The molecule has 26 heavy (non-hydrogen) atoms. The van der Waals surface area contributed by atoms with Crippen molar-refractivity contribution >= 4 is 17.9 Å². The van der Waals surface area contributed by atoms with Gasteiger partial charge in [-0.2, -0.15) is 0 Å². The quantitative estimate of drug-likeness (QED) is 0.357. The fraction of sp³-hybridized carbons (Fsp3) is 0.0909. The molecule has 0 aliphatic carbocycles. The van der Waals surface area contributed by atoms with Crippen LogP contribution in [0.4, 0.5) is 5.69 Å². The first-order chi connectivity index (χ1) is 12.7. The molecule has 0 saturated carbocycles. The lowest BCUT2D eigenvalue weighted by Crippen LogP contribution is -2.07. The maximum atomic E-state index is 12.0. The highest BCUT2D eigenvalue weighted by molar-refractivity contribution is 5.91. The predicted octanol–water partition coefficient (Wildman–Crippen LogP) is 5.06. The van der Waals surface area contributed by atoms with E-state index >= 15 is 0 Å². The molecule has 4 heteroatoms. The van der Waals surface area contributed by atoms with Crippen LogP contribution < -0.4 is 9.47 Å². The molecular formula is C22H19NO3. The monoisotopic (exact) mass is 345 g/mol. The molecule has 3 rings (SSSR count). The number of hydrogen-bond acceptors (Lipinski definition) is 4. The van der Waals surface area contributed by atoms with E-state index in [0.29, 0.717) is 17.9 Å². The summed E-state index contributed by atoms with van der Waals surface area (Å²) in [5.41, 5.74) is 2.27. The lowest BCUT2D eigenvalue weighted by molar-refractivity contribution is 0.0735. The fourth-order valence-corrected chi connectivity index (χ4v) is 2.31. The van der Waals surface area contributed by atoms with Gasteiger partial charge in [0.25, 0.3) is 0 Å². The summed E-state index contributed by atoms with van der Waals surface area (Å²) in [5.74, 6) is 0.948. The van der Waals surface area contributed by atoms with Crippen LogP contribution in [-0.4, -0.2) is 18.8 Å². The maximum absolute atomic E-state index is 12.0. The van der Waals surface area contributed by atoms with Crippen LogP contribution in [0.2, 0.25) is 0 Å². The fourth-order valence-electron chi connectivity index (χ4n) is 2.31. The Balaban J connectivity index is 1.61. The molecule has 3 aromatic rings. The average Bonchev–Trinajstić information content (AvgIpc) is 2.69. The molecule has 0 radical (unpaired) electrons. The Morgan fingerprint density at radius 3 is 2.19 bits per heavy atom. The molecule has 0 amide bonds. The number of nitrogens with zero attached hydrogens (tertiary/aromatic N) is 1. The molecule has 0 spiro atoms. The summed E-state index contributed by atoms with van der Waals surface area (Å²) in [6.07, 6.45) is 1.78. The minimum Gasteiger partial charge on any atom is -0.494 e. The van der Waals surface area contributed by atoms with Crippen molar-refractivity contribution < 1.29 is 14.3 Å². The van der Waals surface area contributed by atoms with Crippen molar-refractivity contribution in [3.05, 3.63) is 90.0 Å². The van der Waals surface area contributed by atoms with Gasteiger partial charge in [0.15, 0.2) is 0 Å². The Hall–Kier alpha value is -3.40. The van der Waals surface area contributed by atoms with Gasteiger partial charge in [-0.1, -0.05) is 18.2 Å². The molecule has 0 aliphatic heterocycles. The van der Waals surface area contributed by atoms with E-state index in [4.69, 9.17) is 9.47 Å². The molecule has 0 N–H and O–H groups in total. The molecule has 0 atom stereocenters. The van der Waals surface area contributed by atoms with Gasteiger partial charge in [-0.3, -0.25) is 4.99 Å². The van der Waals surface area contributed by atoms with Crippen LogP contribution in [0.1, 0.15) is 22.8 Å². The molecule has 4 nitrogen and oxygen atoms in total. The number of aliphatic imine (C=N–C) groups is 1. The molecule has 0 fully saturated rings. The molecule has 3 aromatic carbocycles. The van der Waals surface area contributed by atoms with Crippen LogP contribution in [0, 0.1) is 0 Å². The van der Waals surface area contributed by atoms with Gasteiger partial charge in [-0.15, -0.1) is 0 Å². The maximum Gasteiger partial charge on any atom is 0.343 e. The van der Waals surface area contributed by atoms with Gasteiger partial charge in [0.1, 0.15) is 11.5 Å². The summed E-state index contributed by atoms with van der Waals surface area (Å²) in [7, 11) is 0. The minimum absolute atomic E-state index is 0.378. The zero-order valence-corrected chi connectivity index (χ0v) is 14.5. The SMILES string of the molecule is CCOc1ccc(C=Nc2ccc(OC(=O)c3ccccc3)cc2)cc1.